The number of nitrogens with one attached hydrogen (secondary N) is 1. The predicted octanol–water partition coefficient (Wildman–Crippen LogP) is 4.03. The van der Waals surface area contributed by atoms with Crippen molar-refractivity contribution in [2.45, 2.75) is 26.4 Å². The quantitative estimate of drug-likeness (QED) is 0.469. The Morgan fingerprint density at radius 1 is 1.20 bits per heavy atom. The minimum Gasteiger partial charge on any atom is -0.477 e. The summed E-state index contributed by atoms with van der Waals surface area (Å²) in [5.74, 6) is -2.24. The van der Waals surface area contributed by atoms with Gasteiger partial charge in [0.25, 0.3) is 5.91 Å². The molecule has 5 N–H and O–H groups in total. The van der Waals surface area contributed by atoms with Gasteiger partial charge in [-0.2, -0.15) is 0 Å². The van der Waals surface area contributed by atoms with E-state index < -0.39 is 23.3 Å². The number of nitrogens with zero attached hydrogens (tertiary/aromatic N) is 1. The SMILES string of the molecule is Cc1ccc(Nc2sc(-c3ccc(C(C)(C)O)cc3F)cc2C(N)=O)nc1C(=O)O. The molecule has 0 saturated heterocycles. The Hall–Kier alpha value is -3.30. The van der Waals surface area contributed by atoms with E-state index in [2.05, 4.69) is 10.3 Å². The lowest BCUT2D eigenvalue weighted by Gasteiger charge is -2.18. The van der Waals surface area contributed by atoms with Gasteiger partial charge in [-0.3, -0.25) is 4.79 Å². The molecule has 0 aliphatic carbocycles. The summed E-state index contributed by atoms with van der Waals surface area (Å²) in [6.07, 6.45) is 0. The maximum atomic E-state index is 14.7. The Bertz CT molecular complexity index is 1150. The molecule has 0 radical (unpaired) electrons. The monoisotopic (exact) mass is 429 g/mol. The number of aromatic nitrogens is 1. The maximum absolute atomic E-state index is 14.7. The fourth-order valence-corrected chi connectivity index (χ4v) is 3.92. The molecule has 1 amide bonds. The first-order valence-electron chi connectivity index (χ1n) is 8.91. The van der Waals surface area contributed by atoms with Crippen LogP contribution in [-0.2, 0) is 5.60 Å². The van der Waals surface area contributed by atoms with E-state index in [-0.39, 0.29) is 22.6 Å². The Morgan fingerprint density at radius 2 is 1.90 bits per heavy atom. The van der Waals surface area contributed by atoms with Crippen molar-refractivity contribution in [1.82, 2.24) is 4.98 Å². The first-order valence-corrected chi connectivity index (χ1v) is 9.73. The molecule has 0 saturated carbocycles. The lowest BCUT2D eigenvalue weighted by molar-refractivity contribution is 0.0689. The zero-order valence-electron chi connectivity index (χ0n) is 16.5. The normalized spacial score (nSPS) is 11.4. The number of halogens is 1. The summed E-state index contributed by atoms with van der Waals surface area (Å²) in [5, 5.41) is 22.5. The van der Waals surface area contributed by atoms with Crippen LogP contribution < -0.4 is 11.1 Å². The van der Waals surface area contributed by atoms with Gasteiger partial charge in [0.1, 0.15) is 16.6 Å². The Labute approximate surface area is 176 Å². The van der Waals surface area contributed by atoms with E-state index in [1.165, 1.54) is 18.2 Å². The van der Waals surface area contributed by atoms with Crippen LogP contribution in [0.1, 0.15) is 45.8 Å². The topological polar surface area (TPSA) is 126 Å². The molecular formula is C21H20FN3O4S. The highest BCUT2D eigenvalue weighted by Gasteiger charge is 2.21. The molecule has 9 heteroatoms. The molecular weight excluding hydrogens is 409 g/mol. The number of hydrogen-bond acceptors (Lipinski definition) is 6. The number of carbonyl (C=O) groups is 2. The van der Waals surface area contributed by atoms with Crippen LogP contribution in [0.4, 0.5) is 15.2 Å². The standard InChI is InChI=1S/C21H20FN3O4S/c1-10-4-7-16(24-17(10)20(27)28)25-19-13(18(23)26)9-15(30-19)12-6-5-11(8-14(12)22)21(2,3)29/h4-9,29H,1-3H3,(H2,23,26)(H,24,25)(H,27,28). The molecule has 0 unspecified atom stereocenters. The summed E-state index contributed by atoms with van der Waals surface area (Å²) in [5.41, 5.74) is 5.43. The highest BCUT2D eigenvalue weighted by molar-refractivity contribution is 7.19. The molecule has 3 aromatic rings. The van der Waals surface area contributed by atoms with Gasteiger partial charge in [0.15, 0.2) is 5.69 Å². The number of benzene rings is 1. The molecule has 2 aromatic heterocycles. The molecule has 0 aliphatic heterocycles. The van der Waals surface area contributed by atoms with E-state index in [1.807, 2.05) is 0 Å². The highest BCUT2D eigenvalue weighted by atomic mass is 32.1. The van der Waals surface area contributed by atoms with Crippen molar-refractivity contribution in [2.75, 3.05) is 5.32 Å². The second kappa shape index (κ2) is 7.85. The number of nitrogens with two attached hydrogens (primary N) is 1. The number of hydrogen-bond donors (Lipinski definition) is 4. The third-order valence-electron chi connectivity index (χ3n) is 4.48. The minimum atomic E-state index is -1.20. The van der Waals surface area contributed by atoms with Crippen LogP contribution in [0.15, 0.2) is 36.4 Å². The van der Waals surface area contributed by atoms with Crippen molar-refractivity contribution in [1.29, 1.82) is 0 Å². The number of aryl methyl sites for hydroxylation is 1. The van der Waals surface area contributed by atoms with Gasteiger partial charge in [0.2, 0.25) is 0 Å². The van der Waals surface area contributed by atoms with E-state index in [9.17, 15) is 24.2 Å². The van der Waals surface area contributed by atoms with Crippen LogP contribution in [0, 0.1) is 12.7 Å². The van der Waals surface area contributed by atoms with Crippen LogP contribution >= 0.6 is 11.3 Å². The van der Waals surface area contributed by atoms with Gasteiger partial charge in [-0.1, -0.05) is 18.2 Å². The van der Waals surface area contributed by atoms with E-state index in [4.69, 9.17) is 5.73 Å². The summed E-state index contributed by atoms with van der Waals surface area (Å²) in [7, 11) is 0. The van der Waals surface area contributed by atoms with E-state index in [0.29, 0.717) is 21.0 Å². The number of amides is 1. The molecule has 2 heterocycles. The summed E-state index contributed by atoms with van der Waals surface area (Å²) < 4.78 is 14.7. The van der Waals surface area contributed by atoms with Gasteiger partial charge in [0.05, 0.1) is 11.2 Å². The van der Waals surface area contributed by atoms with Crippen LogP contribution in [-0.4, -0.2) is 27.1 Å². The molecule has 0 atom stereocenters. The molecule has 0 aliphatic rings. The lowest BCUT2D eigenvalue weighted by Crippen LogP contribution is -2.15. The Morgan fingerprint density at radius 3 is 2.47 bits per heavy atom. The fraction of sp³-hybridized carbons (Fsp3) is 0.190. The van der Waals surface area contributed by atoms with Crippen molar-refractivity contribution >= 4 is 34.0 Å². The molecule has 7 nitrogen and oxygen atoms in total. The number of aliphatic hydroxyl groups is 1. The molecule has 0 fully saturated rings. The van der Waals surface area contributed by atoms with Crippen molar-refractivity contribution in [2.24, 2.45) is 5.73 Å². The number of carboxylic acid groups (broad SMARTS) is 1. The number of rotatable bonds is 6. The summed E-state index contributed by atoms with van der Waals surface area (Å²) in [6.45, 7) is 4.73. The van der Waals surface area contributed by atoms with E-state index >= 15 is 0 Å². The zero-order valence-corrected chi connectivity index (χ0v) is 17.3. The number of pyridine rings is 1. The van der Waals surface area contributed by atoms with Crippen LogP contribution in [0.5, 0.6) is 0 Å². The van der Waals surface area contributed by atoms with Crippen LogP contribution in [0.25, 0.3) is 10.4 Å². The largest absolute Gasteiger partial charge is 0.477 e. The number of primary amides is 1. The third-order valence-corrected chi connectivity index (χ3v) is 5.56. The minimum absolute atomic E-state index is 0.120. The van der Waals surface area contributed by atoms with Gasteiger partial charge in [0, 0.05) is 10.4 Å². The molecule has 0 spiro atoms. The van der Waals surface area contributed by atoms with Crippen molar-refractivity contribution in [3.8, 4) is 10.4 Å². The molecule has 156 valence electrons. The number of carbonyl (C=O) groups excluding carboxylic acids is 1. The van der Waals surface area contributed by atoms with Crippen LogP contribution in [0.3, 0.4) is 0 Å². The van der Waals surface area contributed by atoms with Crippen LogP contribution in [0.2, 0.25) is 0 Å². The summed E-state index contributed by atoms with van der Waals surface area (Å²) >= 11 is 1.08. The number of thiophene rings is 1. The summed E-state index contributed by atoms with van der Waals surface area (Å²) in [6, 6.07) is 9.00. The molecule has 0 bridgehead atoms. The number of aromatic carboxylic acids is 1. The smallest absolute Gasteiger partial charge is 0.354 e. The molecule has 3 rings (SSSR count). The second-order valence-electron chi connectivity index (χ2n) is 7.26. The van der Waals surface area contributed by atoms with Crippen molar-refractivity contribution in [3.63, 3.8) is 0 Å². The lowest BCUT2D eigenvalue weighted by atomic mass is 9.96. The second-order valence-corrected chi connectivity index (χ2v) is 8.32. The molecule has 30 heavy (non-hydrogen) atoms. The Kier molecular flexibility index (Phi) is 5.60. The van der Waals surface area contributed by atoms with Gasteiger partial charge in [-0.05, 0) is 50.1 Å². The zero-order chi connectivity index (χ0) is 22.2. The highest BCUT2D eigenvalue weighted by Crippen LogP contribution is 2.38. The molecule has 1 aromatic carbocycles. The van der Waals surface area contributed by atoms with Gasteiger partial charge in [-0.25, -0.2) is 14.2 Å². The van der Waals surface area contributed by atoms with E-state index in [0.717, 1.165) is 11.3 Å². The summed E-state index contributed by atoms with van der Waals surface area (Å²) in [4.78, 5) is 27.7. The average Bonchev–Trinajstić information content (AvgIpc) is 3.06. The van der Waals surface area contributed by atoms with Gasteiger partial charge >= 0.3 is 5.97 Å². The Balaban J connectivity index is 2.02. The van der Waals surface area contributed by atoms with Crippen molar-refractivity contribution < 1.29 is 24.2 Å². The third kappa shape index (κ3) is 4.32. The average molecular weight is 429 g/mol. The first kappa shape index (κ1) is 21.4. The first-order chi connectivity index (χ1) is 14.0. The number of carboxylic acids is 1. The number of anilines is 2. The van der Waals surface area contributed by atoms with Gasteiger partial charge < -0.3 is 21.3 Å². The van der Waals surface area contributed by atoms with Crippen molar-refractivity contribution in [3.05, 3.63) is 64.6 Å². The maximum Gasteiger partial charge on any atom is 0.354 e. The predicted molar refractivity (Wildman–Crippen MR) is 113 cm³/mol. The van der Waals surface area contributed by atoms with Gasteiger partial charge in [-0.15, -0.1) is 11.3 Å². The van der Waals surface area contributed by atoms with E-state index in [1.54, 1.807) is 39.0 Å². The fourth-order valence-electron chi connectivity index (χ4n) is 2.83.